The summed E-state index contributed by atoms with van der Waals surface area (Å²) in [5.41, 5.74) is 7.81. The molecule has 0 aliphatic rings. The number of nitrogens with zero attached hydrogens (tertiary/aromatic N) is 4. The zero-order chi connectivity index (χ0) is 19.5. The molecule has 1 aromatic carbocycles. The summed E-state index contributed by atoms with van der Waals surface area (Å²) in [6.45, 7) is -0.0783. The van der Waals surface area contributed by atoms with Gasteiger partial charge in [0.1, 0.15) is 0 Å². The monoisotopic (exact) mass is 380 g/mol. The average molecular weight is 380 g/mol. The van der Waals surface area contributed by atoms with Crippen LogP contribution in [0.1, 0.15) is 22.4 Å². The minimum absolute atomic E-state index is 0.0749. The largest absolute Gasteiger partial charge is 0.416 e. The van der Waals surface area contributed by atoms with E-state index in [0.29, 0.717) is 24.2 Å². The van der Waals surface area contributed by atoms with Gasteiger partial charge in [-0.25, -0.2) is 4.68 Å². The lowest BCUT2D eigenvalue weighted by Gasteiger charge is -2.14. The lowest BCUT2D eigenvalue weighted by molar-refractivity contribution is -0.143. The number of benzene rings is 1. The molecule has 1 heterocycles. The number of aromatic nitrogens is 3. The number of hydrogen-bond acceptors (Lipinski definition) is 3. The van der Waals surface area contributed by atoms with Gasteiger partial charge >= 0.3 is 12.4 Å². The summed E-state index contributed by atoms with van der Waals surface area (Å²) >= 11 is 0. The van der Waals surface area contributed by atoms with Crippen LogP contribution in [0.2, 0.25) is 0 Å². The Bertz CT molecular complexity index is 756. The van der Waals surface area contributed by atoms with Gasteiger partial charge in [-0.05, 0) is 23.8 Å². The molecule has 12 heteroatoms. The summed E-state index contributed by atoms with van der Waals surface area (Å²) in [7, 11) is 0. The van der Waals surface area contributed by atoms with Crippen LogP contribution in [0.25, 0.3) is 0 Å². The van der Waals surface area contributed by atoms with E-state index in [1.807, 2.05) is 0 Å². The van der Waals surface area contributed by atoms with Crippen molar-refractivity contribution in [3.8, 4) is 0 Å². The highest BCUT2D eigenvalue weighted by Crippen LogP contribution is 2.36. The molecule has 0 aliphatic carbocycles. The van der Waals surface area contributed by atoms with Crippen molar-refractivity contribution in [3.63, 3.8) is 0 Å². The van der Waals surface area contributed by atoms with Gasteiger partial charge in [0.15, 0.2) is 5.96 Å². The molecule has 0 spiro atoms. The van der Waals surface area contributed by atoms with Crippen LogP contribution in [0.15, 0.2) is 29.4 Å². The third-order valence-corrected chi connectivity index (χ3v) is 3.24. The second-order valence-electron chi connectivity index (χ2n) is 5.38. The molecular weight excluding hydrogens is 366 g/mol. The van der Waals surface area contributed by atoms with E-state index in [9.17, 15) is 26.3 Å². The Labute approximate surface area is 143 Å². The molecule has 0 aliphatic heterocycles. The van der Waals surface area contributed by atoms with Gasteiger partial charge in [-0.3, -0.25) is 4.99 Å². The molecule has 0 saturated heterocycles. The van der Waals surface area contributed by atoms with E-state index >= 15 is 0 Å². The number of alkyl halides is 6. The molecule has 2 rings (SSSR count). The maximum Gasteiger partial charge on any atom is 0.416 e. The zero-order valence-corrected chi connectivity index (χ0v) is 13.1. The Morgan fingerprint density at radius 1 is 1.00 bits per heavy atom. The molecule has 142 valence electrons. The van der Waals surface area contributed by atoms with Gasteiger partial charge in [0, 0.05) is 19.2 Å². The van der Waals surface area contributed by atoms with Crippen LogP contribution in [0.4, 0.5) is 26.3 Å². The topological polar surface area (TPSA) is 95.1 Å². The first kappa shape index (κ1) is 19.5. The maximum absolute atomic E-state index is 12.8. The standard InChI is InChI=1S/C14H14F6N6/c15-13(16,17)9-3-8(4-10(5-9)14(18,19)20)6-26-7-11(24-25-26)1-2-23-12(21)22/h3-5,7H,1-2,6H2,(H4,21,22,23). The zero-order valence-electron chi connectivity index (χ0n) is 13.1. The van der Waals surface area contributed by atoms with Gasteiger partial charge in [-0.15, -0.1) is 5.10 Å². The van der Waals surface area contributed by atoms with Gasteiger partial charge in [0.05, 0.1) is 23.4 Å². The first-order chi connectivity index (χ1) is 11.9. The smallest absolute Gasteiger partial charge is 0.370 e. The van der Waals surface area contributed by atoms with Crippen LogP contribution in [0.5, 0.6) is 0 Å². The summed E-state index contributed by atoms with van der Waals surface area (Å²) in [5, 5.41) is 7.46. The lowest BCUT2D eigenvalue weighted by Crippen LogP contribution is -2.23. The maximum atomic E-state index is 12.8. The predicted octanol–water partition coefficient (Wildman–Crippen LogP) is 2.18. The Morgan fingerprint density at radius 3 is 2.08 bits per heavy atom. The predicted molar refractivity (Wildman–Crippen MR) is 80.0 cm³/mol. The van der Waals surface area contributed by atoms with Crippen molar-refractivity contribution < 1.29 is 26.3 Å². The van der Waals surface area contributed by atoms with Crippen molar-refractivity contribution in [1.82, 2.24) is 15.0 Å². The molecule has 0 bridgehead atoms. The first-order valence-corrected chi connectivity index (χ1v) is 7.18. The van der Waals surface area contributed by atoms with Gasteiger partial charge < -0.3 is 11.5 Å². The summed E-state index contributed by atoms with van der Waals surface area (Å²) in [5.74, 6) is -0.110. The van der Waals surface area contributed by atoms with E-state index in [1.165, 1.54) is 6.20 Å². The molecule has 0 unspecified atom stereocenters. The fourth-order valence-electron chi connectivity index (χ4n) is 2.13. The SMILES string of the molecule is NC(N)=NCCc1cn(Cc2cc(C(F)(F)F)cc(C(F)(F)F)c2)nn1. The van der Waals surface area contributed by atoms with E-state index in [1.54, 1.807) is 0 Å². The molecule has 0 radical (unpaired) electrons. The van der Waals surface area contributed by atoms with E-state index in [0.717, 1.165) is 4.68 Å². The van der Waals surface area contributed by atoms with Crippen LogP contribution in [-0.2, 0) is 25.3 Å². The lowest BCUT2D eigenvalue weighted by atomic mass is 10.0. The van der Waals surface area contributed by atoms with Crippen LogP contribution < -0.4 is 11.5 Å². The number of hydrogen-bond donors (Lipinski definition) is 2. The Morgan fingerprint density at radius 2 is 1.58 bits per heavy atom. The van der Waals surface area contributed by atoms with Gasteiger partial charge in [-0.1, -0.05) is 5.21 Å². The van der Waals surface area contributed by atoms with Crippen molar-refractivity contribution in [2.75, 3.05) is 6.54 Å². The highest BCUT2D eigenvalue weighted by atomic mass is 19.4. The van der Waals surface area contributed by atoms with E-state index in [4.69, 9.17) is 11.5 Å². The molecule has 26 heavy (non-hydrogen) atoms. The molecular formula is C14H14F6N6. The number of nitrogens with two attached hydrogens (primary N) is 2. The molecule has 4 N–H and O–H groups in total. The molecule has 0 amide bonds. The van der Waals surface area contributed by atoms with Crippen LogP contribution >= 0.6 is 0 Å². The quantitative estimate of drug-likeness (QED) is 0.472. The fraction of sp³-hybridized carbons (Fsp3) is 0.357. The second-order valence-corrected chi connectivity index (χ2v) is 5.38. The van der Waals surface area contributed by atoms with Crippen molar-refractivity contribution in [2.24, 2.45) is 16.5 Å². The van der Waals surface area contributed by atoms with Gasteiger partial charge in [-0.2, -0.15) is 26.3 Å². The van der Waals surface area contributed by atoms with Crippen molar-refractivity contribution in [2.45, 2.75) is 25.3 Å². The van der Waals surface area contributed by atoms with E-state index in [-0.39, 0.29) is 30.7 Å². The van der Waals surface area contributed by atoms with Gasteiger partial charge in [0.2, 0.25) is 0 Å². The number of aliphatic imine (C=N–C) groups is 1. The van der Waals surface area contributed by atoms with Crippen molar-refractivity contribution in [1.29, 1.82) is 0 Å². The van der Waals surface area contributed by atoms with Gasteiger partial charge in [0.25, 0.3) is 0 Å². The number of halogens is 6. The van der Waals surface area contributed by atoms with E-state index < -0.39 is 23.5 Å². The van der Waals surface area contributed by atoms with E-state index in [2.05, 4.69) is 15.3 Å². The van der Waals surface area contributed by atoms with Crippen LogP contribution in [-0.4, -0.2) is 27.5 Å². The second kappa shape index (κ2) is 7.22. The Hall–Kier alpha value is -2.79. The number of rotatable bonds is 5. The Balaban J connectivity index is 2.23. The highest BCUT2D eigenvalue weighted by Gasteiger charge is 2.36. The first-order valence-electron chi connectivity index (χ1n) is 7.18. The molecule has 0 fully saturated rings. The summed E-state index contributed by atoms with van der Waals surface area (Å²) < 4.78 is 78.2. The molecule has 2 aromatic rings. The van der Waals surface area contributed by atoms with Crippen LogP contribution in [0, 0.1) is 0 Å². The summed E-state index contributed by atoms with van der Waals surface area (Å²) in [6, 6.07) is 1.37. The fourth-order valence-corrected chi connectivity index (χ4v) is 2.13. The average Bonchev–Trinajstić information content (AvgIpc) is 2.92. The van der Waals surface area contributed by atoms with Crippen LogP contribution in [0.3, 0.4) is 0 Å². The minimum atomic E-state index is -4.90. The third kappa shape index (κ3) is 5.36. The molecule has 6 nitrogen and oxygen atoms in total. The van der Waals surface area contributed by atoms with Crippen molar-refractivity contribution in [3.05, 3.63) is 46.8 Å². The summed E-state index contributed by atoms with van der Waals surface area (Å²) in [6.07, 6.45) is -8.09. The van der Waals surface area contributed by atoms with Crippen molar-refractivity contribution >= 4 is 5.96 Å². The third-order valence-electron chi connectivity index (χ3n) is 3.24. The normalized spacial score (nSPS) is 12.2. The molecule has 1 aromatic heterocycles. The highest BCUT2D eigenvalue weighted by molar-refractivity contribution is 5.75. The molecule has 0 atom stereocenters. The Kier molecular flexibility index (Phi) is 5.42. The number of guanidine groups is 1. The summed E-state index contributed by atoms with van der Waals surface area (Å²) in [4.78, 5) is 3.74. The molecule has 0 saturated carbocycles. The minimum Gasteiger partial charge on any atom is -0.370 e.